The molecular formula is C8H10N2O4. The van der Waals surface area contributed by atoms with Gasteiger partial charge in [0.05, 0.1) is 19.3 Å². The van der Waals surface area contributed by atoms with Crippen LogP contribution in [0.15, 0.2) is 21.9 Å². The van der Waals surface area contributed by atoms with Gasteiger partial charge in [0.2, 0.25) is 0 Å². The Kier molecular flexibility index (Phi) is 2.22. The van der Waals surface area contributed by atoms with Gasteiger partial charge in [-0.05, 0) is 0 Å². The van der Waals surface area contributed by atoms with Gasteiger partial charge < -0.3 is 9.84 Å². The second-order valence-corrected chi connectivity index (χ2v) is 3.19. The predicted octanol–water partition coefficient (Wildman–Crippen LogP) is -1.53. The molecule has 14 heavy (non-hydrogen) atoms. The minimum absolute atomic E-state index is 0.218. The van der Waals surface area contributed by atoms with Crippen molar-refractivity contribution in [2.75, 3.05) is 13.2 Å². The van der Waals surface area contributed by atoms with Crippen LogP contribution in [0.4, 0.5) is 0 Å². The van der Waals surface area contributed by atoms with Crippen LogP contribution in [0.25, 0.3) is 0 Å². The zero-order chi connectivity index (χ0) is 10.1. The number of rotatable bonds is 1. The molecule has 1 aliphatic heterocycles. The Morgan fingerprint density at radius 2 is 2.29 bits per heavy atom. The van der Waals surface area contributed by atoms with Crippen LogP contribution in [0.2, 0.25) is 0 Å². The van der Waals surface area contributed by atoms with Crippen molar-refractivity contribution in [1.29, 1.82) is 0 Å². The van der Waals surface area contributed by atoms with Gasteiger partial charge in [0.1, 0.15) is 6.10 Å². The van der Waals surface area contributed by atoms with Crippen molar-refractivity contribution in [2.45, 2.75) is 12.1 Å². The molecule has 2 heterocycles. The molecule has 1 aromatic heterocycles. The highest BCUT2D eigenvalue weighted by molar-refractivity contribution is 4.89. The van der Waals surface area contributed by atoms with E-state index in [1.165, 1.54) is 16.8 Å². The lowest BCUT2D eigenvalue weighted by atomic mass is 10.2. The molecular weight excluding hydrogens is 188 g/mol. The zero-order valence-electron chi connectivity index (χ0n) is 7.34. The Morgan fingerprint density at radius 1 is 1.50 bits per heavy atom. The summed E-state index contributed by atoms with van der Waals surface area (Å²) in [4.78, 5) is 24.2. The summed E-state index contributed by atoms with van der Waals surface area (Å²) in [5.41, 5.74) is -0.966. The Balaban J connectivity index is 2.41. The van der Waals surface area contributed by atoms with Gasteiger partial charge in [0.15, 0.2) is 0 Å². The number of H-pyrrole nitrogens is 1. The first-order valence-corrected chi connectivity index (χ1v) is 4.26. The summed E-state index contributed by atoms with van der Waals surface area (Å²) in [5, 5.41) is 9.46. The first kappa shape index (κ1) is 9.17. The summed E-state index contributed by atoms with van der Waals surface area (Å²) >= 11 is 0. The number of hydrogen-bond donors (Lipinski definition) is 2. The van der Waals surface area contributed by atoms with Crippen LogP contribution in [0.3, 0.4) is 0 Å². The normalized spacial score (nSPS) is 26.6. The van der Waals surface area contributed by atoms with E-state index in [0.29, 0.717) is 0 Å². The van der Waals surface area contributed by atoms with Gasteiger partial charge in [0, 0.05) is 12.3 Å². The smallest absolute Gasteiger partial charge is 0.328 e. The summed E-state index contributed by atoms with van der Waals surface area (Å²) in [6.45, 7) is 0.503. The average Bonchev–Trinajstić information content (AvgIpc) is 2.52. The molecule has 0 aliphatic carbocycles. The van der Waals surface area contributed by atoms with Gasteiger partial charge >= 0.3 is 5.69 Å². The standard InChI is InChI=1S/C8H10N2O4/c11-6-4-14-3-5(6)10-2-1-7(12)9-8(10)13/h1-2,5-6,11H,3-4H2,(H,9,12,13)/t5-,6?/m1/s1. The monoisotopic (exact) mass is 198 g/mol. The fraction of sp³-hybridized carbons (Fsp3) is 0.500. The predicted molar refractivity (Wildman–Crippen MR) is 47.2 cm³/mol. The molecule has 1 unspecified atom stereocenters. The summed E-state index contributed by atoms with van der Waals surface area (Å²) in [6, 6.07) is 0.839. The van der Waals surface area contributed by atoms with Crippen molar-refractivity contribution < 1.29 is 9.84 Å². The zero-order valence-corrected chi connectivity index (χ0v) is 7.34. The second kappa shape index (κ2) is 3.39. The molecule has 2 atom stereocenters. The number of ether oxygens (including phenoxy) is 1. The summed E-state index contributed by atoms with van der Waals surface area (Å²) in [6.07, 6.45) is 0.669. The molecule has 2 N–H and O–H groups in total. The molecule has 1 saturated heterocycles. The SMILES string of the molecule is O=c1ccn([C@@H]2COCC2O)c(=O)[nH]1. The maximum Gasteiger partial charge on any atom is 0.328 e. The van der Waals surface area contributed by atoms with E-state index in [9.17, 15) is 14.7 Å². The molecule has 0 saturated carbocycles. The number of aromatic amines is 1. The van der Waals surface area contributed by atoms with E-state index in [2.05, 4.69) is 4.98 Å². The largest absolute Gasteiger partial charge is 0.388 e. The molecule has 76 valence electrons. The van der Waals surface area contributed by atoms with Crippen molar-refractivity contribution in [1.82, 2.24) is 9.55 Å². The third-order valence-corrected chi connectivity index (χ3v) is 2.23. The van der Waals surface area contributed by atoms with Crippen molar-refractivity contribution in [3.63, 3.8) is 0 Å². The maximum atomic E-state index is 11.3. The molecule has 0 bridgehead atoms. The Bertz CT molecular complexity index is 435. The van der Waals surface area contributed by atoms with Gasteiger partial charge in [0.25, 0.3) is 5.56 Å². The van der Waals surface area contributed by atoms with E-state index in [0.717, 1.165) is 0 Å². The first-order valence-electron chi connectivity index (χ1n) is 4.26. The van der Waals surface area contributed by atoms with Crippen LogP contribution in [-0.4, -0.2) is 34.0 Å². The van der Waals surface area contributed by atoms with Gasteiger partial charge in [-0.1, -0.05) is 0 Å². The molecule has 1 fully saturated rings. The Labute approximate surface area is 78.8 Å². The fourth-order valence-electron chi connectivity index (χ4n) is 1.49. The Hall–Kier alpha value is -1.40. The maximum absolute atomic E-state index is 11.3. The number of nitrogens with one attached hydrogen (secondary N) is 1. The third-order valence-electron chi connectivity index (χ3n) is 2.23. The van der Waals surface area contributed by atoms with Crippen LogP contribution in [0, 0.1) is 0 Å². The van der Waals surface area contributed by atoms with Gasteiger partial charge in [-0.3, -0.25) is 14.3 Å². The van der Waals surface area contributed by atoms with Crippen molar-refractivity contribution in [3.8, 4) is 0 Å². The number of aliphatic hydroxyl groups is 1. The van der Waals surface area contributed by atoms with E-state index in [1.807, 2.05) is 0 Å². The molecule has 0 amide bonds. The number of hydrogen-bond acceptors (Lipinski definition) is 4. The van der Waals surface area contributed by atoms with Crippen LogP contribution < -0.4 is 11.2 Å². The summed E-state index contributed by atoms with van der Waals surface area (Å²) in [7, 11) is 0. The highest BCUT2D eigenvalue weighted by Gasteiger charge is 2.28. The van der Waals surface area contributed by atoms with Gasteiger partial charge in [-0.2, -0.15) is 0 Å². The first-order chi connectivity index (χ1) is 6.68. The number of aliphatic hydroxyl groups excluding tert-OH is 1. The molecule has 1 aliphatic rings. The average molecular weight is 198 g/mol. The minimum atomic E-state index is -0.696. The molecule has 6 heteroatoms. The summed E-state index contributed by atoms with van der Waals surface area (Å²) < 4.78 is 6.28. The second-order valence-electron chi connectivity index (χ2n) is 3.19. The number of aromatic nitrogens is 2. The van der Waals surface area contributed by atoms with Crippen molar-refractivity contribution in [2.24, 2.45) is 0 Å². The van der Waals surface area contributed by atoms with Crippen LogP contribution >= 0.6 is 0 Å². The molecule has 6 nitrogen and oxygen atoms in total. The Morgan fingerprint density at radius 3 is 2.86 bits per heavy atom. The topological polar surface area (TPSA) is 84.3 Å². The van der Waals surface area contributed by atoms with Crippen molar-refractivity contribution >= 4 is 0 Å². The van der Waals surface area contributed by atoms with E-state index < -0.39 is 23.4 Å². The fourth-order valence-corrected chi connectivity index (χ4v) is 1.49. The molecule has 2 rings (SSSR count). The lowest BCUT2D eigenvalue weighted by Gasteiger charge is -2.14. The van der Waals surface area contributed by atoms with Crippen LogP contribution in [0.5, 0.6) is 0 Å². The molecule has 0 spiro atoms. The lowest BCUT2D eigenvalue weighted by Crippen LogP contribution is -2.35. The lowest BCUT2D eigenvalue weighted by molar-refractivity contribution is 0.119. The molecule has 0 radical (unpaired) electrons. The van der Waals surface area contributed by atoms with Crippen LogP contribution in [0.1, 0.15) is 6.04 Å². The van der Waals surface area contributed by atoms with Crippen molar-refractivity contribution in [3.05, 3.63) is 33.1 Å². The van der Waals surface area contributed by atoms with Gasteiger partial charge in [-0.25, -0.2) is 4.79 Å². The third kappa shape index (κ3) is 1.49. The van der Waals surface area contributed by atoms with Crippen LogP contribution in [-0.2, 0) is 4.74 Å². The highest BCUT2D eigenvalue weighted by Crippen LogP contribution is 2.16. The van der Waals surface area contributed by atoms with E-state index >= 15 is 0 Å². The number of nitrogens with zero attached hydrogens (tertiary/aromatic N) is 1. The molecule has 0 aromatic carbocycles. The quantitative estimate of drug-likeness (QED) is 0.573. The van der Waals surface area contributed by atoms with Gasteiger partial charge in [-0.15, -0.1) is 0 Å². The minimum Gasteiger partial charge on any atom is -0.388 e. The highest BCUT2D eigenvalue weighted by atomic mass is 16.5. The summed E-state index contributed by atoms with van der Waals surface area (Å²) in [5.74, 6) is 0. The van der Waals surface area contributed by atoms with E-state index in [1.54, 1.807) is 0 Å². The molecule has 1 aromatic rings. The van der Waals surface area contributed by atoms with E-state index in [-0.39, 0.29) is 13.2 Å². The van der Waals surface area contributed by atoms with E-state index in [4.69, 9.17) is 4.74 Å².